The topological polar surface area (TPSA) is 0 Å². The summed E-state index contributed by atoms with van der Waals surface area (Å²) in [4.78, 5) is 0. The second-order valence-corrected chi connectivity index (χ2v) is 13.1. The molecule has 0 heterocycles. The summed E-state index contributed by atoms with van der Waals surface area (Å²) in [6.07, 6.45) is 0. The fourth-order valence-corrected chi connectivity index (χ4v) is 8.89. The third-order valence-corrected chi connectivity index (χ3v) is 10.8. The van der Waals surface area contributed by atoms with Gasteiger partial charge in [0.1, 0.15) is 0 Å². The van der Waals surface area contributed by atoms with Gasteiger partial charge in [-0.15, -0.1) is 0 Å². The van der Waals surface area contributed by atoms with Crippen LogP contribution in [0.15, 0.2) is 170 Å². The van der Waals surface area contributed by atoms with Crippen molar-refractivity contribution < 1.29 is 0 Å². The van der Waals surface area contributed by atoms with Gasteiger partial charge < -0.3 is 0 Å². The average Bonchev–Trinajstić information content (AvgIpc) is 3.66. The summed E-state index contributed by atoms with van der Waals surface area (Å²) < 4.78 is 0. The summed E-state index contributed by atoms with van der Waals surface area (Å²) in [5, 5.41) is 7.92. The molecule has 0 aromatic heterocycles. The highest BCUT2D eigenvalue weighted by Crippen LogP contribution is 2.59. The van der Waals surface area contributed by atoms with E-state index in [1.54, 1.807) is 0 Å². The largest absolute Gasteiger partial charge is 0.0622 e. The molecule has 0 heteroatoms. The van der Waals surface area contributed by atoms with Gasteiger partial charge in [0.15, 0.2) is 0 Å². The molecule has 0 atom stereocenters. The Morgan fingerprint density at radius 2 is 0.542 bits per heavy atom. The van der Waals surface area contributed by atoms with E-state index in [4.69, 9.17) is 0 Å². The standard InChI is InChI=1S/C48H28/c1-3-13-29(14-4-1)43-38-19-9-10-20-39(38)44(30-15-5-2-6-16-30)48-42-28-26-34(37-23-12-24-41(46(37)42)47(43)48)33-25-27-40-32-18-8-7-17-31(32)35-21-11-22-36(33)45(35)40/h1-28H. The Morgan fingerprint density at radius 3 is 1.10 bits per heavy atom. The SMILES string of the molecule is c1ccc(-c2c3c(c(-c4ccccc4)c4ccccc24)-c2ccc(-c4ccc5c6c(cccc46)-c4ccccc4-5)c4cccc-3c24)cc1. The first-order valence-corrected chi connectivity index (χ1v) is 16.8. The zero-order valence-corrected chi connectivity index (χ0v) is 26.2. The molecule has 0 aliphatic heterocycles. The van der Waals surface area contributed by atoms with Gasteiger partial charge >= 0.3 is 0 Å². The maximum absolute atomic E-state index is 2.40. The number of fused-ring (bicyclic) bond motifs is 7. The van der Waals surface area contributed by atoms with Crippen molar-refractivity contribution in [3.63, 3.8) is 0 Å². The lowest BCUT2D eigenvalue weighted by atomic mass is 9.82. The van der Waals surface area contributed by atoms with Crippen LogP contribution in [0.2, 0.25) is 0 Å². The van der Waals surface area contributed by atoms with Crippen LogP contribution in [0.25, 0.3) is 110 Å². The molecule has 0 nitrogen and oxygen atoms in total. The molecule has 2 aliphatic rings. The normalized spacial score (nSPS) is 12.2. The van der Waals surface area contributed by atoms with E-state index in [0.717, 1.165) is 0 Å². The van der Waals surface area contributed by atoms with Crippen LogP contribution >= 0.6 is 0 Å². The smallest absolute Gasteiger partial charge is 0.000741 e. The summed E-state index contributed by atoms with van der Waals surface area (Å²) in [7, 11) is 0. The summed E-state index contributed by atoms with van der Waals surface area (Å²) in [6.45, 7) is 0. The third kappa shape index (κ3) is 3.34. The van der Waals surface area contributed by atoms with Crippen LogP contribution in [0, 0.1) is 0 Å². The molecule has 0 saturated heterocycles. The predicted octanol–water partition coefficient (Wildman–Crippen LogP) is 13.4. The Morgan fingerprint density at radius 1 is 0.188 bits per heavy atom. The molecule has 9 aromatic rings. The number of hydrogen-bond acceptors (Lipinski definition) is 0. The molecule has 0 bridgehead atoms. The lowest BCUT2D eigenvalue weighted by molar-refractivity contribution is 1.62. The van der Waals surface area contributed by atoms with Gasteiger partial charge in [0, 0.05) is 0 Å². The molecule has 220 valence electrons. The van der Waals surface area contributed by atoms with Gasteiger partial charge in [-0.2, -0.15) is 0 Å². The van der Waals surface area contributed by atoms with Crippen molar-refractivity contribution in [3.8, 4) is 77.9 Å². The fourth-order valence-electron chi connectivity index (χ4n) is 8.89. The van der Waals surface area contributed by atoms with Crippen LogP contribution in [0.1, 0.15) is 0 Å². The summed E-state index contributed by atoms with van der Waals surface area (Å²) >= 11 is 0. The second-order valence-electron chi connectivity index (χ2n) is 13.1. The Balaban J connectivity index is 1.26. The maximum atomic E-state index is 2.40. The molecule has 0 N–H and O–H groups in total. The van der Waals surface area contributed by atoms with Crippen molar-refractivity contribution in [1.82, 2.24) is 0 Å². The van der Waals surface area contributed by atoms with Crippen molar-refractivity contribution in [2.24, 2.45) is 0 Å². The molecule has 0 spiro atoms. The van der Waals surface area contributed by atoms with Gasteiger partial charge in [-0.05, 0) is 110 Å². The first kappa shape index (κ1) is 25.9. The Kier molecular flexibility index (Phi) is 5.20. The maximum Gasteiger partial charge on any atom is -0.000741 e. The number of benzene rings is 9. The first-order chi connectivity index (χ1) is 23.9. The molecular weight excluding hydrogens is 577 g/mol. The fraction of sp³-hybridized carbons (Fsp3) is 0. The van der Waals surface area contributed by atoms with Gasteiger partial charge in [0.2, 0.25) is 0 Å². The average molecular weight is 605 g/mol. The van der Waals surface area contributed by atoms with Crippen molar-refractivity contribution >= 4 is 32.3 Å². The Hall–Kier alpha value is -6.24. The number of hydrogen-bond donors (Lipinski definition) is 0. The Bertz CT molecular complexity index is 2680. The zero-order chi connectivity index (χ0) is 31.3. The molecule has 0 unspecified atom stereocenters. The monoisotopic (exact) mass is 604 g/mol. The molecule has 9 aromatic carbocycles. The Labute approximate surface area is 279 Å². The van der Waals surface area contributed by atoms with Crippen molar-refractivity contribution in [2.75, 3.05) is 0 Å². The van der Waals surface area contributed by atoms with E-state index in [9.17, 15) is 0 Å². The zero-order valence-electron chi connectivity index (χ0n) is 26.2. The lowest BCUT2D eigenvalue weighted by Crippen LogP contribution is -1.93. The molecule has 0 saturated carbocycles. The van der Waals surface area contributed by atoms with Crippen LogP contribution < -0.4 is 0 Å². The van der Waals surface area contributed by atoms with Crippen LogP contribution in [0.4, 0.5) is 0 Å². The second kappa shape index (κ2) is 9.64. The van der Waals surface area contributed by atoms with Gasteiger partial charge in [-0.25, -0.2) is 0 Å². The highest BCUT2D eigenvalue weighted by atomic mass is 14.3. The van der Waals surface area contributed by atoms with Gasteiger partial charge in [0.25, 0.3) is 0 Å². The summed E-state index contributed by atoms with van der Waals surface area (Å²) in [6, 6.07) is 63.0. The third-order valence-electron chi connectivity index (χ3n) is 10.8. The molecule has 0 amide bonds. The minimum absolute atomic E-state index is 1.25. The molecular formula is C48H28. The van der Waals surface area contributed by atoms with Crippen LogP contribution in [0.5, 0.6) is 0 Å². The minimum Gasteiger partial charge on any atom is -0.0622 e. The summed E-state index contributed by atoms with van der Waals surface area (Å²) in [5.41, 5.74) is 18.4. The van der Waals surface area contributed by atoms with Crippen molar-refractivity contribution in [3.05, 3.63) is 170 Å². The molecule has 11 rings (SSSR count). The molecule has 0 radical (unpaired) electrons. The van der Waals surface area contributed by atoms with E-state index in [0.29, 0.717) is 0 Å². The van der Waals surface area contributed by atoms with E-state index in [-0.39, 0.29) is 0 Å². The van der Waals surface area contributed by atoms with E-state index in [2.05, 4.69) is 170 Å². The molecule has 48 heavy (non-hydrogen) atoms. The first-order valence-electron chi connectivity index (χ1n) is 16.8. The van der Waals surface area contributed by atoms with Crippen molar-refractivity contribution in [1.29, 1.82) is 0 Å². The van der Waals surface area contributed by atoms with E-state index < -0.39 is 0 Å². The minimum atomic E-state index is 1.25. The predicted molar refractivity (Wildman–Crippen MR) is 204 cm³/mol. The van der Waals surface area contributed by atoms with Gasteiger partial charge in [0.05, 0.1) is 0 Å². The van der Waals surface area contributed by atoms with Gasteiger partial charge in [-0.1, -0.05) is 170 Å². The van der Waals surface area contributed by atoms with Crippen LogP contribution in [-0.4, -0.2) is 0 Å². The van der Waals surface area contributed by atoms with E-state index >= 15 is 0 Å². The highest BCUT2D eigenvalue weighted by molar-refractivity contribution is 6.29. The van der Waals surface area contributed by atoms with Crippen LogP contribution in [0.3, 0.4) is 0 Å². The van der Waals surface area contributed by atoms with Gasteiger partial charge in [-0.3, -0.25) is 0 Å². The molecule has 2 aliphatic carbocycles. The van der Waals surface area contributed by atoms with E-state index in [1.165, 1.54) is 110 Å². The quantitative estimate of drug-likeness (QED) is 0.188. The molecule has 0 fully saturated rings. The summed E-state index contributed by atoms with van der Waals surface area (Å²) in [5.74, 6) is 0. The highest BCUT2D eigenvalue weighted by Gasteiger charge is 2.31. The van der Waals surface area contributed by atoms with E-state index in [1.807, 2.05) is 0 Å². The van der Waals surface area contributed by atoms with Crippen molar-refractivity contribution in [2.45, 2.75) is 0 Å². The lowest BCUT2D eigenvalue weighted by Gasteiger charge is -2.20. The van der Waals surface area contributed by atoms with Crippen LogP contribution in [-0.2, 0) is 0 Å². The number of rotatable bonds is 3.